The lowest BCUT2D eigenvalue weighted by Gasteiger charge is -2.10. The zero-order valence-corrected chi connectivity index (χ0v) is 20.2. The summed E-state index contributed by atoms with van der Waals surface area (Å²) in [5.41, 5.74) is 3.32. The van der Waals surface area contributed by atoms with E-state index in [4.69, 9.17) is 16.0 Å². The summed E-state index contributed by atoms with van der Waals surface area (Å²) < 4.78 is 19.6. The van der Waals surface area contributed by atoms with Crippen LogP contribution in [0.1, 0.15) is 11.3 Å². The van der Waals surface area contributed by atoms with Crippen molar-refractivity contribution >= 4 is 39.7 Å². The number of fused-ring (bicyclic) bond motifs is 1. The van der Waals surface area contributed by atoms with Gasteiger partial charge in [0, 0.05) is 28.8 Å². The van der Waals surface area contributed by atoms with Crippen molar-refractivity contribution < 1.29 is 13.7 Å². The minimum atomic E-state index is -0.489. The summed E-state index contributed by atoms with van der Waals surface area (Å²) in [4.78, 5) is 19.0. The quantitative estimate of drug-likeness (QED) is 0.128. The minimum absolute atomic E-state index is 0.0218. The number of hydrogen-bond acceptors (Lipinski definition) is 7. The van der Waals surface area contributed by atoms with E-state index in [0.717, 1.165) is 34.2 Å². The molecule has 0 saturated carbocycles. The number of halogens is 2. The Morgan fingerprint density at radius 2 is 1.84 bits per heavy atom. The van der Waals surface area contributed by atoms with Crippen molar-refractivity contribution in [2.45, 2.75) is 13.0 Å². The second-order valence-corrected chi connectivity index (χ2v) is 8.73. The molecular weight excluding hydrogens is 497 g/mol. The number of nitro benzene ring substituents is 1. The van der Waals surface area contributed by atoms with Crippen molar-refractivity contribution in [3.63, 3.8) is 0 Å². The van der Waals surface area contributed by atoms with E-state index in [0.29, 0.717) is 30.4 Å². The molecule has 0 atom stereocenters. The molecule has 0 aliphatic rings. The Bertz CT molecular complexity index is 1570. The molecule has 10 heteroatoms. The van der Waals surface area contributed by atoms with E-state index in [1.54, 1.807) is 18.2 Å². The molecule has 2 N–H and O–H groups in total. The monoisotopic (exact) mass is 517 g/mol. The number of non-ortho nitro benzene ring substituents is 1. The average molecular weight is 518 g/mol. The first-order valence-electron chi connectivity index (χ1n) is 11.5. The van der Waals surface area contributed by atoms with Gasteiger partial charge in [-0.15, -0.1) is 0 Å². The minimum Gasteiger partial charge on any atom is -0.460 e. The third-order valence-corrected chi connectivity index (χ3v) is 6.09. The highest BCUT2D eigenvalue weighted by molar-refractivity contribution is 6.31. The third kappa shape index (κ3) is 5.74. The number of benzene rings is 3. The van der Waals surface area contributed by atoms with Crippen LogP contribution in [-0.2, 0) is 13.0 Å². The van der Waals surface area contributed by atoms with E-state index in [1.807, 2.05) is 30.3 Å². The van der Waals surface area contributed by atoms with Gasteiger partial charge in [-0.3, -0.25) is 10.1 Å². The Kier molecular flexibility index (Phi) is 7.07. The summed E-state index contributed by atoms with van der Waals surface area (Å²) in [6.45, 7) is 1.24. The second kappa shape index (κ2) is 10.7. The number of rotatable bonds is 9. The Hall–Kier alpha value is -4.34. The van der Waals surface area contributed by atoms with E-state index in [-0.39, 0.29) is 10.7 Å². The van der Waals surface area contributed by atoms with E-state index < -0.39 is 10.7 Å². The van der Waals surface area contributed by atoms with Gasteiger partial charge in [0.25, 0.3) is 5.69 Å². The predicted molar refractivity (Wildman–Crippen MR) is 140 cm³/mol. The van der Waals surface area contributed by atoms with Crippen LogP contribution in [0.25, 0.3) is 22.2 Å². The molecule has 0 saturated heterocycles. The van der Waals surface area contributed by atoms with Crippen LogP contribution in [0.15, 0.2) is 83.5 Å². The molecule has 0 radical (unpaired) electrons. The molecule has 0 fully saturated rings. The fourth-order valence-corrected chi connectivity index (χ4v) is 4.06. The predicted octanol–water partition coefficient (Wildman–Crippen LogP) is 6.67. The lowest BCUT2D eigenvalue weighted by molar-refractivity contribution is -0.384. The zero-order chi connectivity index (χ0) is 25.8. The first-order chi connectivity index (χ1) is 18.0. The molecule has 37 heavy (non-hydrogen) atoms. The van der Waals surface area contributed by atoms with Gasteiger partial charge >= 0.3 is 0 Å². The van der Waals surface area contributed by atoms with Gasteiger partial charge in [0.05, 0.1) is 22.0 Å². The van der Waals surface area contributed by atoms with Crippen LogP contribution in [-0.4, -0.2) is 21.4 Å². The molecule has 0 spiro atoms. The third-order valence-electron chi connectivity index (χ3n) is 5.80. The Morgan fingerprint density at radius 3 is 2.62 bits per heavy atom. The zero-order valence-electron chi connectivity index (χ0n) is 19.4. The normalized spacial score (nSPS) is 11.1. The van der Waals surface area contributed by atoms with Gasteiger partial charge in [0.2, 0.25) is 0 Å². The number of nitro groups is 1. The smallest absolute Gasteiger partial charge is 0.269 e. The summed E-state index contributed by atoms with van der Waals surface area (Å²) in [7, 11) is 0. The van der Waals surface area contributed by atoms with E-state index in [9.17, 15) is 14.5 Å². The molecule has 2 heterocycles. The van der Waals surface area contributed by atoms with Crippen molar-refractivity contribution in [3.8, 4) is 11.3 Å². The molecule has 0 amide bonds. The SMILES string of the molecule is O=[N+]([O-])c1ccc(CCNCc2ccc(-c3ccc4ncnc(Nc5ccc(F)c(Cl)c5)c4c3)o2)cc1. The maximum atomic E-state index is 13.5. The van der Waals surface area contributed by atoms with Crippen molar-refractivity contribution in [2.75, 3.05) is 11.9 Å². The average Bonchev–Trinajstić information content (AvgIpc) is 3.38. The van der Waals surface area contributed by atoms with Crippen molar-refractivity contribution in [2.24, 2.45) is 0 Å². The molecule has 0 aliphatic carbocycles. The van der Waals surface area contributed by atoms with Crippen LogP contribution in [0.2, 0.25) is 5.02 Å². The fraction of sp³-hybridized carbons (Fsp3) is 0.111. The van der Waals surface area contributed by atoms with Gasteiger partial charge in [-0.2, -0.15) is 0 Å². The van der Waals surface area contributed by atoms with E-state index in [1.165, 1.54) is 30.6 Å². The number of aromatic nitrogens is 2. The molecule has 3 aromatic carbocycles. The lowest BCUT2D eigenvalue weighted by atomic mass is 10.1. The Labute approximate surface area is 216 Å². The standard InChI is InChI=1S/C27H21ClFN5O3/c28-23-14-19(4-8-24(23)29)33-27-22-13-18(3-9-25(22)31-16-32-27)26-10-7-21(37-26)15-30-12-11-17-1-5-20(6-2-17)34(35)36/h1-10,13-14,16,30H,11-12,15H2,(H,31,32,33). The van der Waals surface area contributed by atoms with E-state index >= 15 is 0 Å². The highest BCUT2D eigenvalue weighted by Gasteiger charge is 2.11. The van der Waals surface area contributed by atoms with Gasteiger partial charge in [0.15, 0.2) is 0 Å². The summed E-state index contributed by atoms with van der Waals surface area (Å²) in [6, 6.07) is 20.5. The number of hydrogen-bond donors (Lipinski definition) is 2. The summed E-state index contributed by atoms with van der Waals surface area (Å²) >= 11 is 5.91. The van der Waals surface area contributed by atoms with Crippen LogP contribution >= 0.6 is 11.6 Å². The van der Waals surface area contributed by atoms with Crippen molar-refractivity contribution in [3.05, 3.63) is 111 Å². The molecule has 186 valence electrons. The summed E-state index contributed by atoms with van der Waals surface area (Å²) in [6.07, 6.45) is 2.20. The number of anilines is 2. The molecule has 2 aromatic heterocycles. The van der Waals surface area contributed by atoms with Gasteiger partial charge in [0.1, 0.15) is 29.5 Å². The van der Waals surface area contributed by atoms with Crippen LogP contribution in [0.3, 0.4) is 0 Å². The highest BCUT2D eigenvalue weighted by atomic mass is 35.5. The largest absolute Gasteiger partial charge is 0.460 e. The van der Waals surface area contributed by atoms with E-state index in [2.05, 4.69) is 20.6 Å². The second-order valence-electron chi connectivity index (χ2n) is 8.32. The molecule has 5 aromatic rings. The number of nitrogens with one attached hydrogen (secondary N) is 2. The van der Waals surface area contributed by atoms with Gasteiger partial charge < -0.3 is 15.1 Å². The van der Waals surface area contributed by atoms with Crippen LogP contribution in [0.4, 0.5) is 21.6 Å². The molecule has 8 nitrogen and oxygen atoms in total. The number of furan rings is 1. The van der Waals surface area contributed by atoms with Crippen molar-refractivity contribution in [1.29, 1.82) is 0 Å². The first kappa shape index (κ1) is 24.4. The highest BCUT2D eigenvalue weighted by Crippen LogP contribution is 2.30. The Morgan fingerprint density at radius 1 is 1.00 bits per heavy atom. The molecule has 0 aliphatic heterocycles. The fourth-order valence-electron chi connectivity index (χ4n) is 3.88. The first-order valence-corrected chi connectivity index (χ1v) is 11.8. The van der Waals surface area contributed by atoms with Gasteiger partial charge in [-0.25, -0.2) is 14.4 Å². The van der Waals surface area contributed by atoms with Crippen LogP contribution < -0.4 is 10.6 Å². The maximum Gasteiger partial charge on any atom is 0.269 e. The van der Waals surface area contributed by atoms with Gasteiger partial charge in [-0.1, -0.05) is 23.7 Å². The van der Waals surface area contributed by atoms with Crippen LogP contribution in [0, 0.1) is 15.9 Å². The summed E-state index contributed by atoms with van der Waals surface area (Å²) in [5, 5.41) is 18.1. The van der Waals surface area contributed by atoms with Crippen LogP contribution in [0.5, 0.6) is 0 Å². The molecule has 5 rings (SSSR count). The lowest BCUT2D eigenvalue weighted by Crippen LogP contribution is -2.16. The summed E-state index contributed by atoms with van der Waals surface area (Å²) in [5.74, 6) is 1.56. The number of nitrogens with zero attached hydrogens (tertiary/aromatic N) is 3. The molecular formula is C27H21ClFN5O3. The Balaban J connectivity index is 1.25. The molecule has 0 bridgehead atoms. The van der Waals surface area contributed by atoms with Gasteiger partial charge in [-0.05, 0) is 67.1 Å². The van der Waals surface area contributed by atoms with Crippen molar-refractivity contribution in [1.82, 2.24) is 15.3 Å². The maximum absolute atomic E-state index is 13.5. The topological polar surface area (TPSA) is 106 Å². The molecule has 0 unspecified atom stereocenters.